The Hall–Kier alpha value is -4.63. The number of carboxylic acid groups (broad SMARTS) is 1. The van der Waals surface area contributed by atoms with Gasteiger partial charge in [0.15, 0.2) is 27.8 Å². The Kier molecular flexibility index (Phi) is 10.3. The molecule has 13 heteroatoms. The summed E-state index contributed by atoms with van der Waals surface area (Å²) >= 11 is 3.33. The zero-order valence-corrected chi connectivity index (χ0v) is 29.1. The second kappa shape index (κ2) is 14.4. The van der Waals surface area contributed by atoms with Crippen LogP contribution in [0.4, 0.5) is 0 Å². The fraction of sp³-hybridized carbons (Fsp3) is 0.235. The first-order valence-electron chi connectivity index (χ1n) is 14.3. The van der Waals surface area contributed by atoms with Gasteiger partial charge in [0.05, 0.1) is 58.9 Å². The summed E-state index contributed by atoms with van der Waals surface area (Å²) < 4.78 is 30.6. The molecule has 0 aliphatic carbocycles. The van der Waals surface area contributed by atoms with E-state index in [2.05, 4.69) is 27.6 Å². The molecule has 0 saturated heterocycles. The third-order valence-corrected chi connectivity index (χ3v) is 9.13. The minimum Gasteiger partial charge on any atom is -0.493 e. The van der Waals surface area contributed by atoms with Crippen LogP contribution in [0.25, 0.3) is 6.08 Å². The largest absolute Gasteiger partial charge is 0.493 e. The van der Waals surface area contributed by atoms with E-state index in [1.807, 2.05) is 6.07 Å². The van der Waals surface area contributed by atoms with E-state index in [0.29, 0.717) is 54.7 Å². The third-order valence-electron chi connectivity index (χ3n) is 7.35. The number of benzene rings is 3. The van der Waals surface area contributed by atoms with Crippen molar-refractivity contribution in [3.63, 3.8) is 0 Å². The number of aromatic nitrogens is 1. The van der Waals surface area contributed by atoms with Crippen molar-refractivity contribution in [1.82, 2.24) is 4.57 Å². The first kappa shape index (κ1) is 33.7. The van der Waals surface area contributed by atoms with Crippen molar-refractivity contribution >= 4 is 51.9 Å². The number of allylic oxidation sites excluding steroid dienone is 1. The molecular formula is C34H31IN2O9S. The van der Waals surface area contributed by atoms with E-state index < -0.39 is 18.0 Å². The van der Waals surface area contributed by atoms with Gasteiger partial charge in [-0.1, -0.05) is 29.5 Å². The monoisotopic (exact) mass is 770 g/mol. The average Bonchev–Trinajstić information content (AvgIpc) is 3.36. The van der Waals surface area contributed by atoms with Crippen molar-refractivity contribution in [2.24, 2.45) is 4.99 Å². The minimum atomic E-state index is -1.02. The summed E-state index contributed by atoms with van der Waals surface area (Å²) in [6, 6.07) is 14.5. The summed E-state index contributed by atoms with van der Waals surface area (Å²) in [5, 5.41) is 9.30. The Balaban J connectivity index is 1.57. The van der Waals surface area contributed by atoms with Crippen LogP contribution >= 0.6 is 33.9 Å². The molecule has 0 amide bonds. The Morgan fingerprint density at radius 1 is 1.02 bits per heavy atom. The number of hydrogen-bond acceptors (Lipinski definition) is 10. The highest BCUT2D eigenvalue weighted by molar-refractivity contribution is 14.1. The lowest BCUT2D eigenvalue weighted by Gasteiger charge is -2.25. The maximum Gasteiger partial charge on any atom is 0.338 e. The molecule has 1 aromatic heterocycles. The van der Waals surface area contributed by atoms with E-state index in [-0.39, 0.29) is 29.9 Å². The normalized spacial score (nSPS) is 14.3. The number of hydrogen-bond donors (Lipinski definition) is 1. The first-order chi connectivity index (χ1) is 22.6. The van der Waals surface area contributed by atoms with E-state index in [4.69, 9.17) is 23.7 Å². The minimum absolute atomic E-state index is 0.129. The van der Waals surface area contributed by atoms with Crippen LogP contribution in [0, 0.1) is 3.57 Å². The second-order valence-electron chi connectivity index (χ2n) is 10.2. The van der Waals surface area contributed by atoms with Gasteiger partial charge in [0.1, 0.15) is 6.61 Å². The number of fused-ring (bicyclic) bond motifs is 1. The van der Waals surface area contributed by atoms with Crippen molar-refractivity contribution in [2.45, 2.75) is 26.5 Å². The number of carboxylic acids is 1. The molecule has 2 heterocycles. The maximum absolute atomic E-state index is 14.1. The van der Waals surface area contributed by atoms with Crippen molar-refractivity contribution < 1.29 is 38.4 Å². The van der Waals surface area contributed by atoms with Crippen LogP contribution < -0.4 is 33.8 Å². The number of carbonyl (C=O) groups is 2. The fourth-order valence-electron chi connectivity index (χ4n) is 5.19. The highest BCUT2D eigenvalue weighted by atomic mass is 127. The number of rotatable bonds is 11. The van der Waals surface area contributed by atoms with Gasteiger partial charge in [-0.3, -0.25) is 9.36 Å². The molecule has 47 heavy (non-hydrogen) atoms. The molecule has 1 N–H and O–H groups in total. The fourth-order valence-corrected chi connectivity index (χ4v) is 7.02. The van der Waals surface area contributed by atoms with E-state index in [0.717, 1.165) is 3.57 Å². The van der Waals surface area contributed by atoms with E-state index in [9.17, 15) is 19.5 Å². The van der Waals surface area contributed by atoms with Gasteiger partial charge in [-0.2, -0.15) is 0 Å². The van der Waals surface area contributed by atoms with Crippen LogP contribution in [0.1, 0.15) is 46.9 Å². The van der Waals surface area contributed by atoms with Crippen molar-refractivity contribution in [1.29, 1.82) is 0 Å². The first-order valence-corrected chi connectivity index (χ1v) is 16.2. The Labute approximate surface area is 287 Å². The van der Waals surface area contributed by atoms with Crippen LogP contribution in [0.5, 0.6) is 23.0 Å². The van der Waals surface area contributed by atoms with Crippen molar-refractivity contribution in [2.75, 3.05) is 27.9 Å². The molecule has 244 valence electrons. The predicted octanol–water partition coefficient (Wildman–Crippen LogP) is 4.71. The zero-order chi connectivity index (χ0) is 33.8. The highest BCUT2D eigenvalue weighted by Gasteiger charge is 2.34. The number of halogens is 1. The SMILES string of the molecule is CCOC(=O)C1=C(C)N=c2s/c(=C\c3cc(I)c(OCc4cccc(C(=O)O)c4)c(OC)c3)c(=O)n2[C@H]1c1ccc(OC)c(OC)c1. The highest BCUT2D eigenvalue weighted by Crippen LogP contribution is 2.37. The second-order valence-corrected chi connectivity index (χ2v) is 12.4. The number of carbonyl (C=O) groups excluding carboxylic acids is 1. The van der Waals surface area contributed by atoms with Crippen LogP contribution in [0.2, 0.25) is 0 Å². The average molecular weight is 771 g/mol. The van der Waals surface area contributed by atoms with Gasteiger partial charge in [-0.15, -0.1) is 0 Å². The van der Waals surface area contributed by atoms with E-state index in [1.165, 1.54) is 43.3 Å². The third kappa shape index (κ3) is 6.90. The number of thiazole rings is 1. The van der Waals surface area contributed by atoms with Crippen LogP contribution in [-0.4, -0.2) is 49.5 Å². The van der Waals surface area contributed by atoms with Crippen molar-refractivity contribution in [3.8, 4) is 23.0 Å². The summed E-state index contributed by atoms with van der Waals surface area (Å²) in [5.74, 6) is 0.295. The van der Waals surface area contributed by atoms with Gasteiger partial charge < -0.3 is 28.8 Å². The zero-order valence-electron chi connectivity index (χ0n) is 26.2. The molecule has 4 aromatic rings. The van der Waals surface area contributed by atoms with Crippen LogP contribution in [0.3, 0.4) is 0 Å². The molecule has 3 aromatic carbocycles. The van der Waals surface area contributed by atoms with Gasteiger partial charge >= 0.3 is 11.9 Å². The summed E-state index contributed by atoms with van der Waals surface area (Å²) in [6.45, 7) is 3.73. The van der Waals surface area contributed by atoms with Gasteiger partial charge in [0, 0.05) is 0 Å². The molecule has 1 atom stereocenters. The molecule has 1 aliphatic heterocycles. The standard InChI is InChI=1S/C34H31IN2O9S/c1-6-45-33(41)28-18(2)36-34-37(29(28)21-10-11-24(42-3)25(16-21)43-4)31(38)27(47-34)15-20-13-23(35)30(26(14-20)44-5)46-17-19-8-7-9-22(12-19)32(39)40/h7-16,29H,6,17H2,1-5H3,(H,39,40)/b27-15-/t29-/m0/s1. The Morgan fingerprint density at radius 2 is 1.77 bits per heavy atom. The molecule has 0 unspecified atom stereocenters. The van der Waals surface area contributed by atoms with Gasteiger partial charge in [-0.05, 0) is 95.6 Å². The molecular weight excluding hydrogens is 739 g/mol. The Bertz CT molecular complexity index is 2080. The molecule has 0 bridgehead atoms. The molecule has 11 nitrogen and oxygen atoms in total. The summed E-state index contributed by atoms with van der Waals surface area (Å²) in [7, 11) is 4.57. The van der Waals surface area contributed by atoms with Gasteiger partial charge in [-0.25, -0.2) is 14.6 Å². The number of aromatic carboxylic acids is 1. The molecule has 0 spiro atoms. The van der Waals surface area contributed by atoms with Crippen molar-refractivity contribution in [3.05, 3.63) is 111 Å². The summed E-state index contributed by atoms with van der Waals surface area (Å²) in [4.78, 5) is 43.8. The molecule has 0 fully saturated rings. The summed E-state index contributed by atoms with van der Waals surface area (Å²) in [5.41, 5.74) is 2.53. The quantitative estimate of drug-likeness (QED) is 0.170. The Morgan fingerprint density at radius 3 is 2.45 bits per heavy atom. The lowest BCUT2D eigenvalue weighted by atomic mass is 9.95. The lowest BCUT2D eigenvalue weighted by Crippen LogP contribution is -2.40. The number of esters is 1. The van der Waals surface area contributed by atoms with Gasteiger partial charge in [0.25, 0.3) is 5.56 Å². The molecule has 0 radical (unpaired) electrons. The molecule has 5 rings (SSSR count). The molecule has 0 saturated carbocycles. The van der Waals surface area contributed by atoms with E-state index in [1.54, 1.807) is 62.4 Å². The summed E-state index contributed by atoms with van der Waals surface area (Å²) in [6.07, 6.45) is 1.74. The smallest absolute Gasteiger partial charge is 0.338 e. The van der Waals surface area contributed by atoms with E-state index >= 15 is 0 Å². The lowest BCUT2D eigenvalue weighted by molar-refractivity contribution is -0.139. The number of nitrogens with zero attached hydrogens (tertiary/aromatic N) is 2. The predicted molar refractivity (Wildman–Crippen MR) is 183 cm³/mol. The topological polar surface area (TPSA) is 135 Å². The van der Waals surface area contributed by atoms with Crippen LogP contribution in [0.15, 0.2) is 75.7 Å². The van der Waals surface area contributed by atoms with Gasteiger partial charge in [0.2, 0.25) is 0 Å². The molecule has 1 aliphatic rings. The number of methoxy groups -OCH3 is 3. The number of ether oxygens (including phenoxy) is 5. The maximum atomic E-state index is 14.1. The van der Waals surface area contributed by atoms with Crippen LogP contribution in [-0.2, 0) is 16.1 Å².